The molecular weight excluding hydrogens is 576 g/mol. The lowest BCUT2D eigenvalue weighted by Crippen LogP contribution is -2.21. The molecule has 0 fully saturated rings. The highest BCUT2D eigenvalue weighted by Gasteiger charge is 2.38. The Morgan fingerprint density at radius 2 is 1.28 bits per heavy atom. The van der Waals surface area contributed by atoms with Crippen molar-refractivity contribution in [2.75, 3.05) is 7.11 Å². The lowest BCUT2D eigenvalue weighted by molar-refractivity contribution is -0.192. The second-order valence-electron chi connectivity index (χ2n) is 9.34. The van der Waals surface area contributed by atoms with Gasteiger partial charge in [0.05, 0.1) is 23.7 Å². The summed E-state index contributed by atoms with van der Waals surface area (Å²) in [7, 11) is 1.66. The van der Waals surface area contributed by atoms with Crippen LogP contribution in [0.4, 0.5) is 26.3 Å². The number of aromatic amines is 1. The van der Waals surface area contributed by atoms with Gasteiger partial charge in [-0.25, -0.2) is 9.78 Å². The first-order valence-corrected chi connectivity index (χ1v) is 12.7. The molecular formula is C31H25F6N3O3. The molecule has 1 aromatic heterocycles. The Hall–Kier alpha value is -4.84. The van der Waals surface area contributed by atoms with Gasteiger partial charge in [-0.15, -0.1) is 0 Å². The molecule has 1 heterocycles. The van der Waals surface area contributed by atoms with Crippen molar-refractivity contribution in [1.29, 1.82) is 0 Å². The van der Waals surface area contributed by atoms with E-state index in [1.807, 2.05) is 48.5 Å². The highest BCUT2D eigenvalue weighted by atomic mass is 19.4. The average Bonchev–Trinajstić information content (AvgIpc) is 3.41. The van der Waals surface area contributed by atoms with Gasteiger partial charge in [0.15, 0.2) is 0 Å². The fourth-order valence-electron chi connectivity index (χ4n) is 4.05. The number of ether oxygens (including phenoxy) is 1. The number of halogens is 6. The van der Waals surface area contributed by atoms with Gasteiger partial charge in [0.2, 0.25) is 0 Å². The van der Waals surface area contributed by atoms with Gasteiger partial charge in [0, 0.05) is 18.7 Å². The molecule has 0 radical (unpaired) electrons. The number of benzene rings is 4. The van der Waals surface area contributed by atoms with E-state index in [2.05, 4.69) is 39.6 Å². The number of carboxylic acid groups (broad SMARTS) is 1. The first-order valence-electron chi connectivity index (χ1n) is 12.7. The highest BCUT2D eigenvalue weighted by Crippen LogP contribution is 2.32. The number of carbonyl (C=O) groups is 1. The quantitative estimate of drug-likeness (QED) is 0.166. The second kappa shape index (κ2) is 13.0. The topological polar surface area (TPSA) is 87.2 Å². The third kappa shape index (κ3) is 8.35. The normalized spacial score (nSPS) is 11.6. The zero-order valence-corrected chi connectivity index (χ0v) is 22.6. The molecule has 0 aliphatic rings. The summed E-state index contributed by atoms with van der Waals surface area (Å²) in [5, 5.41) is 10.6. The molecule has 12 heteroatoms. The van der Waals surface area contributed by atoms with E-state index in [9.17, 15) is 26.3 Å². The molecule has 0 aliphatic carbocycles. The molecule has 5 rings (SSSR count). The van der Waals surface area contributed by atoms with Crippen LogP contribution in [-0.2, 0) is 24.1 Å². The SMILES string of the molecule is COc1ccc(CNCc2ccc(-c3ccc(-c4nc5ccc(C(F)(F)F)cc5[nH]4)cc3)cc2)cc1.O=C(O)C(F)(F)F. The molecule has 43 heavy (non-hydrogen) atoms. The molecule has 0 saturated heterocycles. The summed E-state index contributed by atoms with van der Waals surface area (Å²) in [4.78, 5) is 16.3. The first kappa shape index (κ1) is 31.1. The van der Waals surface area contributed by atoms with Crippen LogP contribution in [0.5, 0.6) is 5.75 Å². The third-order valence-corrected chi connectivity index (χ3v) is 6.31. The van der Waals surface area contributed by atoms with Gasteiger partial charge in [0.25, 0.3) is 0 Å². The number of nitrogens with zero attached hydrogens (tertiary/aromatic N) is 1. The van der Waals surface area contributed by atoms with Gasteiger partial charge in [-0.2, -0.15) is 26.3 Å². The maximum atomic E-state index is 13.0. The highest BCUT2D eigenvalue weighted by molar-refractivity contribution is 5.80. The minimum atomic E-state index is -5.08. The molecule has 0 saturated carbocycles. The number of methoxy groups -OCH3 is 1. The van der Waals surface area contributed by atoms with E-state index >= 15 is 0 Å². The van der Waals surface area contributed by atoms with Crippen molar-refractivity contribution in [2.24, 2.45) is 0 Å². The minimum Gasteiger partial charge on any atom is -0.497 e. The minimum absolute atomic E-state index is 0.361. The summed E-state index contributed by atoms with van der Waals surface area (Å²) in [5.74, 6) is -1.37. The second-order valence-corrected chi connectivity index (χ2v) is 9.34. The summed E-state index contributed by atoms with van der Waals surface area (Å²) in [6.45, 7) is 1.53. The maximum absolute atomic E-state index is 13.0. The van der Waals surface area contributed by atoms with Gasteiger partial charge in [-0.1, -0.05) is 60.7 Å². The van der Waals surface area contributed by atoms with E-state index in [1.54, 1.807) is 7.11 Å². The van der Waals surface area contributed by atoms with E-state index in [4.69, 9.17) is 14.6 Å². The molecule has 0 unspecified atom stereocenters. The molecule has 3 N–H and O–H groups in total. The van der Waals surface area contributed by atoms with Crippen LogP contribution in [0.2, 0.25) is 0 Å². The van der Waals surface area contributed by atoms with E-state index < -0.39 is 23.9 Å². The van der Waals surface area contributed by atoms with Crippen molar-refractivity contribution >= 4 is 17.0 Å². The molecule has 0 atom stereocenters. The number of rotatable bonds is 7. The predicted molar refractivity (Wildman–Crippen MR) is 149 cm³/mol. The largest absolute Gasteiger partial charge is 0.497 e. The fraction of sp³-hybridized carbons (Fsp3) is 0.161. The van der Waals surface area contributed by atoms with Crippen LogP contribution < -0.4 is 10.1 Å². The molecule has 0 spiro atoms. The summed E-state index contributed by atoms with van der Waals surface area (Å²) >= 11 is 0. The van der Waals surface area contributed by atoms with Crippen molar-refractivity contribution in [1.82, 2.24) is 15.3 Å². The Bertz CT molecular complexity index is 1660. The van der Waals surface area contributed by atoms with Crippen molar-refractivity contribution in [3.63, 3.8) is 0 Å². The summed E-state index contributed by atoms with van der Waals surface area (Å²) < 4.78 is 75.9. The van der Waals surface area contributed by atoms with E-state index in [0.29, 0.717) is 16.9 Å². The average molecular weight is 602 g/mol. The van der Waals surface area contributed by atoms with Gasteiger partial charge >= 0.3 is 18.3 Å². The van der Waals surface area contributed by atoms with Crippen LogP contribution in [0.1, 0.15) is 16.7 Å². The summed E-state index contributed by atoms with van der Waals surface area (Å²) in [5.41, 5.74) is 5.48. The van der Waals surface area contributed by atoms with E-state index in [-0.39, 0.29) is 0 Å². The Kier molecular flexibility index (Phi) is 9.40. The fourth-order valence-corrected chi connectivity index (χ4v) is 4.05. The van der Waals surface area contributed by atoms with Crippen LogP contribution in [-0.4, -0.2) is 34.3 Å². The number of alkyl halides is 6. The monoisotopic (exact) mass is 601 g/mol. The molecule has 0 amide bonds. The Morgan fingerprint density at radius 3 is 1.77 bits per heavy atom. The number of hydrogen-bond donors (Lipinski definition) is 3. The van der Waals surface area contributed by atoms with Crippen LogP contribution >= 0.6 is 0 Å². The van der Waals surface area contributed by atoms with E-state index in [0.717, 1.165) is 47.7 Å². The molecule has 4 aromatic carbocycles. The zero-order valence-electron chi connectivity index (χ0n) is 22.6. The van der Waals surface area contributed by atoms with Crippen LogP contribution in [0.3, 0.4) is 0 Å². The summed E-state index contributed by atoms with van der Waals surface area (Å²) in [6, 6.07) is 27.7. The van der Waals surface area contributed by atoms with Gasteiger partial charge in [-0.05, 0) is 52.6 Å². The van der Waals surface area contributed by atoms with Crippen LogP contribution in [0.15, 0.2) is 91.0 Å². The van der Waals surface area contributed by atoms with Gasteiger partial charge < -0.3 is 20.1 Å². The van der Waals surface area contributed by atoms with Crippen molar-refractivity contribution in [2.45, 2.75) is 25.4 Å². The third-order valence-electron chi connectivity index (χ3n) is 6.31. The van der Waals surface area contributed by atoms with Gasteiger partial charge in [-0.3, -0.25) is 0 Å². The smallest absolute Gasteiger partial charge is 0.490 e. The van der Waals surface area contributed by atoms with Crippen LogP contribution in [0, 0.1) is 0 Å². The molecule has 5 aromatic rings. The van der Waals surface area contributed by atoms with Crippen molar-refractivity contribution in [3.05, 3.63) is 108 Å². The number of hydrogen-bond acceptors (Lipinski definition) is 4. The summed E-state index contributed by atoms with van der Waals surface area (Å²) in [6.07, 6.45) is -9.47. The lowest BCUT2D eigenvalue weighted by Gasteiger charge is -2.08. The maximum Gasteiger partial charge on any atom is 0.490 e. The number of H-pyrrole nitrogens is 1. The number of carboxylic acids is 1. The van der Waals surface area contributed by atoms with Crippen LogP contribution in [0.25, 0.3) is 33.5 Å². The predicted octanol–water partition coefficient (Wildman–Crippen LogP) is 7.85. The first-order chi connectivity index (χ1) is 20.3. The number of imidazole rings is 1. The zero-order chi connectivity index (χ0) is 31.2. The standard InChI is InChI=1S/C29H24F3N3O.C2HF3O2/c1-36-25-13-4-20(5-14-25)18-33-17-19-2-6-21(7-3-19)22-8-10-23(11-9-22)28-34-26-15-12-24(29(30,31)32)16-27(26)35-28;3-2(4,5)1(6)7/h2-16,33H,17-18H2,1H3,(H,34,35);(H,6,7). The Labute approximate surface area is 242 Å². The molecule has 0 aliphatic heterocycles. The molecule has 0 bridgehead atoms. The molecule has 6 nitrogen and oxygen atoms in total. The Morgan fingerprint density at radius 1 is 0.791 bits per heavy atom. The van der Waals surface area contributed by atoms with Gasteiger partial charge in [0.1, 0.15) is 11.6 Å². The Balaban J connectivity index is 0.000000541. The van der Waals surface area contributed by atoms with E-state index in [1.165, 1.54) is 17.2 Å². The number of nitrogens with one attached hydrogen (secondary N) is 2. The number of fused-ring (bicyclic) bond motifs is 1. The van der Waals surface area contributed by atoms with Crippen molar-refractivity contribution < 1.29 is 41.0 Å². The van der Waals surface area contributed by atoms with Crippen molar-refractivity contribution in [3.8, 4) is 28.3 Å². The number of aliphatic carboxylic acids is 1. The molecule has 224 valence electrons. The number of aromatic nitrogens is 2. The lowest BCUT2D eigenvalue weighted by atomic mass is 10.0.